The van der Waals surface area contributed by atoms with Gasteiger partial charge in [0, 0.05) is 34.3 Å². The van der Waals surface area contributed by atoms with E-state index in [2.05, 4.69) is 14.4 Å². The molecule has 2 N–H and O–H groups in total. The molecule has 30 heavy (non-hydrogen) atoms. The van der Waals surface area contributed by atoms with Crippen LogP contribution in [-0.4, -0.2) is 32.3 Å². The number of nitrogens with one attached hydrogen (secondary N) is 2. The zero-order valence-electron chi connectivity index (χ0n) is 16.7. The molecule has 1 aromatic heterocycles. The number of methoxy groups -OCH3 is 1. The van der Waals surface area contributed by atoms with E-state index in [0.717, 1.165) is 23.9 Å². The van der Waals surface area contributed by atoms with Gasteiger partial charge in [0.1, 0.15) is 0 Å². The van der Waals surface area contributed by atoms with E-state index in [-0.39, 0.29) is 10.7 Å². The van der Waals surface area contributed by atoms with E-state index in [1.165, 1.54) is 31.4 Å². The summed E-state index contributed by atoms with van der Waals surface area (Å²) in [5, 5.41) is 0.785. The van der Waals surface area contributed by atoms with Gasteiger partial charge in [-0.05, 0) is 61.2 Å². The lowest BCUT2D eigenvalue weighted by Crippen LogP contribution is -2.15. The number of ketones is 1. The van der Waals surface area contributed by atoms with Gasteiger partial charge in [-0.25, -0.2) is 13.2 Å². The molecule has 0 spiro atoms. The Morgan fingerprint density at radius 1 is 1.17 bits per heavy atom. The number of esters is 1. The molecule has 0 saturated heterocycles. The summed E-state index contributed by atoms with van der Waals surface area (Å²) in [6.45, 7) is 1.88. The van der Waals surface area contributed by atoms with Crippen LogP contribution >= 0.6 is 0 Å². The van der Waals surface area contributed by atoms with E-state index in [1.807, 2.05) is 13.0 Å². The Bertz CT molecular complexity index is 1260. The fourth-order valence-electron chi connectivity index (χ4n) is 3.91. The number of ether oxygens (including phenoxy) is 1. The van der Waals surface area contributed by atoms with Crippen molar-refractivity contribution in [2.75, 3.05) is 11.8 Å². The van der Waals surface area contributed by atoms with Crippen molar-refractivity contribution in [3.05, 3.63) is 58.8 Å². The largest absolute Gasteiger partial charge is 0.465 e. The molecule has 0 saturated carbocycles. The summed E-state index contributed by atoms with van der Waals surface area (Å²) in [5.41, 5.74) is 3.53. The van der Waals surface area contributed by atoms with Crippen LogP contribution in [-0.2, 0) is 27.6 Å². The van der Waals surface area contributed by atoms with Crippen LogP contribution in [0.25, 0.3) is 10.9 Å². The average molecular weight is 426 g/mol. The van der Waals surface area contributed by atoms with Crippen LogP contribution in [0.5, 0.6) is 0 Å². The molecule has 156 valence electrons. The van der Waals surface area contributed by atoms with Crippen molar-refractivity contribution in [2.45, 2.75) is 37.5 Å². The lowest BCUT2D eigenvalue weighted by Gasteiger charge is -2.13. The zero-order chi connectivity index (χ0) is 21.5. The van der Waals surface area contributed by atoms with Gasteiger partial charge in [-0.15, -0.1) is 0 Å². The Morgan fingerprint density at radius 2 is 1.90 bits per heavy atom. The summed E-state index contributed by atoms with van der Waals surface area (Å²) in [6.07, 6.45) is 2.60. The third kappa shape index (κ3) is 3.47. The second-order valence-corrected chi connectivity index (χ2v) is 8.94. The predicted molar refractivity (Wildman–Crippen MR) is 114 cm³/mol. The third-order valence-electron chi connectivity index (χ3n) is 5.40. The number of hydrogen-bond donors (Lipinski definition) is 2. The summed E-state index contributed by atoms with van der Waals surface area (Å²) < 4.78 is 33.5. The first kappa shape index (κ1) is 20.2. The number of aryl methyl sites for hydroxylation is 2. The van der Waals surface area contributed by atoms with E-state index in [4.69, 9.17) is 0 Å². The molecule has 0 unspecified atom stereocenters. The minimum Gasteiger partial charge on any atom is -0.465 e. The Hall–Kier alpha value is -3.13. The van der Waals surface area contributed by atoms with Crippen molar-refractivity contribution < 1.29 is 22.7 Å². The van der Waals surface area contributed by atoms with Crippen molar-refractivity contribution in [3.63, 3.8) is 0 Å². The van der Waals surface area contributed by atoms with Gasteiger partial charge in [0.2, 0.25) is 0 Å². The Labute approximate surface area is 174 Å². The monoisotopic (exact) mass is 426 g/mol. The normalized spacial score (nSPS) is 13.9. The number of benzene rings is 2. The van der Waals surface area contributed by atoms with Crippen molar-refractivity contribution in [3.8, 4) is 0 Å². The van der Waals surface area contributed by atoms with Gasteiger partial charge in [0.05, 0.1) is 17.6 Å². The number of Topliss-reactive ketones (excluding diaryl/α,β-unsaturated/α-hetero) is 1. The van der Waals surface area contributed by atoms with Crippen LogP contribution in [0, 0.1) is 0 Å². The van der Waals surface area contributed by atoms with Crippen molar-refractivity contribution >= 4 is 38.4 Å². The smallest absolute Gasteiger partial charge is 0.337 e. The third-order valence-corrected chi connectivity index (χ3v) is 6.86. The maximum atomic E-state index is 13.1. The van der Waals surface area contributed by atoms with Crippen LogP contribution in [0.15, 0.2) is 41.3 Å². The van der Waals surface area contributed by atoms with E-state index in [0.29, 0.717) is 40.7 Å². The fourth-order valence-corrected chi connectivity index (χ4v) is 5.29. The number of aromatic nitrogens is 1. The highest BCUT2D eigenvalue weighted by Crippen LogP contribution is 2.33. The predicted octanol–water partition coefficient (Wildman–Crippen LogP) is 3.84. The molecule has 0 aliphatic heterocycles. The van der Waals surface area contributed by atoms with Crippen molar-refractivity contribution in [1.82, 2.24) is 4.98 Å². The van der Waals surface area contributed by atoms with Gasteiger partial charge in [-0.1, -0.05) is 6.92 Å². The van der Waals surface area contributed by atoms with E-state index in [9.17, 15) is 18.0 Å². The molecule has 0 radical (unpaired) electrons. The first-order chi connectivity index (χ1) is 14.3. The second kappa shape index (κ2) is 7.60. The Balaban J connectivity index is 1.74. The van der Waals surface area contributed by atoms with Crippen LogP contribution in [0.4, 0.5) is 5.69 Å². The number of rotatable bonds is 5. The summed E-state index contributed by atoms with van der Waals surface area (Å²) in [7, 11) is -2.59. The van der Waals surface area contributed by atoms with Crippen molar-refractivity contribution in [1.29, 1.82) is 0 Å². The quantitative estimate of drug-likeness (QED) is 0.603. The second-order valence-electron chi connectivity index (χ2n) is 7.29. The van der Waals surface area contributed by atoms with Crippen LogP contribution in [0.2, 0.25) is 0 Å². The molecule has 0 bridgehead atoms. The first-order valence-corrected chi connectivity index (χ1v) is 11.2. The molecular weight excluding hydrogens is 404 g/mol. The standard InChI is InChI=1S/C22H22N2O5S/c1-3-13-11-16-18(23-17-5-4-6-19(25)21(16)17)12-20(13)30(27,28)24-15-9-7-14(8-10-15)22(26)29-2/h7-12,23-24H,3-6H2,1-2H3. The maximum absolute atomic E-state index is 13.1. The van der Waals surface area contributed by atoms with E-state index >= 15 is 0 Å². The van der Waals surface area contributed by atoms with Crippen LogP contribution in [0.3, 0.4) is 0 Å². The number of H-pyrrole nitrogens is 1. The molecule has 8 heteroatoms. The van der Waals surface area contributed by atoms with E-state index in [1.54, 1.807) is 6.07 Å². The number of sulfonamides is 1. The van der Waals surface area contributed by atoms with Gasteiger partial charge >= 0.3 is 5.97 Å². The minimum atomic E-state index is -3.87. The molecule has 0 atom stereocenters. The van der Waals surface area contributed by atoms with Crippen LogP contribution in [0.1, 0.15) is 51.7 Å². The Kier molecular flexibility index (Phi) is 5.11. The number of carbonyl (C=O) groups excluding carboxylic acids is 2. The molecule has 0 amide bonds. The number of hydrogen-bond acceptors (Lipinski definition) is 5. The maximum Gasteiger partial charge on any atom is 0.337 e. The fraction of sp³-hybridized carbons (Fsp3) is 0.273. The lowest BCUT2D eigenvalue weighted by atomic mass is 9.94. The van der Waals surface area contributed by atoms with Gasteiger partial charge in [-0.2, -0.15) is 0 Å². The molecule has 7 nitrogen and oxygen atoms in total. The summed E-state index contributed by atoms with van der Waals surface area (Å²) in [5.74, 6) is -0.391. The molecule has 1 aliphatic rings. The number of carbonyl (C=O) groups is 2. The van der Waals surface area contributed by atoms with E-state index < -0.39 is 16.0 Å². The van der Waals surface area contributed by atoms with Crippen LogP contribution < -0.4 is 4.72 Å². The van der Waals surface area contributed by atoms with Gasteiger partial charge in [0.25, 0.3) is 10.0 Å². The highest BCUT2D eigenvalue weighted by Gasteiger charge is 2.26. The zero-order valence-corrected chi connectivity index (χ0v) is 17.6. The van der Waals surface area contributed by atoms with Gasteiger partial charge in [-0.3, -0.25) is 9.52 Å². The molecule has 3 aromatic rings. The molecule has 1 heterocycles. The minimum absolute atomic E-state index is 0.101. The molecular formula is C22H22N2O5S. The molecule has 4 rings (SSSR count). The van der Waals surface area contributed by atoms with Gasteiger partial charge in [0.15, 0.2) is 5.78 Å². The number of fused-ring (bicyclic) bond motifs is 3. The SMILES string of the molecule is CCc1cc2c3c([nH]c2cc1S(=O)(=O)Nc1ccc(C(=O)OC)cc1)CCCC3=O. The number of aromatic amines is 1. The lowest BCUT2D eigenvalue weighted by molar-refractivity contribution is 0.0600. The van der Waals surface area contributed by atoms with Gasteiger partial charge < -0.3 is 9.72 Å². The topological polar surface area (TPSA) is 105 Å². The summed E-state index contributed by atoms with van der Waals surface area (Å²) in [6, 6.07) is 9.43. The average Bonchev–Trinajstić information content (AvgIpc) is 3.11. The summed E-state index contributed by atoms with van der Waals surface area (Å²) in [4.78, 5) is 27.4. The summed E-state index contributed by atoms with van der Waals surface area (Å²) >= 11 is 0. The number of anilines is 1. The Morgan fingerprint density at radius 3 is 2.57 bits per heavy atom. The first-order valence-electron chi connectivity index (χ1n) is 9.76. The molecule has 1 aliphatic carbocycles. The highest BCUT2D eigenvalue weighted by atomic mass is 32.2. The molecule has 0 fully saturated rings. The molecule has 2 aromatic carbocycles. The highest BCUT2D eigenvalue weighted by molar-refractivity contribution is 7.92. The van der Waals surface area contributed by atoms with Crippen molar-refractivity contribution in [2.24, 2.45) is 0 Å².